The van der Waals surface area contributed by atoms with E-state index < -0.39 is 29.4 Å². The van der Waals surface area contributed by atoms with Gasteiger partial charge in [-0.3, -0.25) is 4.57 Å². The van der Waals surface area contributed by atoms with Gasteiger partial charge in [-0.1, -0.05) is 34.8 Å². The van der Waals surface area contributed by atoms with E-state index in [2.05, 4.69) is 13.8 Å². The molecule has 18 heavy (non-hydrogen) atoms. The Morgan fingerprint density at radius 2 is 1.56 bits per heavy atom. The first-order valence-corrected chi connectivity index (χ1v) is 6.68. The molecule has 0 bridgehead atoms. The Morgan fingerprint density at radius 3 is 1.78 bits per heavy atom. The molecule has 0 aliphatic carbocycles. The highest BCUT2D eigenvalue weighted by atomic mass is 35.6. The number of alkyl halides is 6. The second-order valence-electron chi connectivity index (χ2n) is 2.70. The van der Waals surface area contributed by atoms with Crippen LogP contribution in [0.1, 0.15) is 0 Å². The van der Waals surface area contributed by atoms with E-state index >= 15 is 0 Å². The van der Waals surface area contributed by atoms with Gasteiger partial charge < -0.3 is 13.8 Å². The van der Waals surface area contributed by atoms with Gasteiger partial charge in [0.1, 0.15) is 0 Å². The fourth-order valence-electron chi connectivity index (χ4n) is 0.745. The van der Waals surface area contributed by atoms with Crippen molar-refractivity contribution in [1.82, 2.24) is 0 Å². The van der Waals surface area contributed by atoms with E-state index in [-0.39, 0.29) is 0 Å². The Kier molecular flexibility index (Phi) is 6.25. The van der Waals surface area contributed by atoms with Gasteiger partial charge in [-0.25, -0.2) is 4.79 Å². The number of hydrogen-bond acceptors (Lipinski definition) is 5. The van der Waals surface area contributed by atoms with Crippen molar-refractivity contribution in [2.45, 2.75) is 15.8 Å². The second-order valence-corrected chi connectivity index (χ2v) is 7.35. The third-order valence-electron chi connectivity index (χ3n) is 1.53. The van der Waals surface area contributed by atoms with E-state index in [0.29, 0.717) is 0 Å². The SMILES string of the molecule is COP(=O)(OC)C(OC(=O)C(F)(F)F)C(Cl)(Cl)Cl. The number of halogens is 6. The van der Waals surface area contributed by atoms with Crippen LogP contribution in [0.2, 0.25) is 0 Å². The lowest BCUT2D eigenvalue weighted by Crippen LogP contribution is -2.37. The molecule has 0 rings (SSSR count). The normalized spacial score (nSPS) is 15.3. The molecule has 0 aromatic carbocycles. The van der Waals surface area contributed by atoms with Crippen molar-refractivity contribution in [3.63, 3.8) is 0 Å². The Bertz CT molecular complexity index is 347. The molecule has 0 aliphatic rings. The molecule has 1 atom stereocenters. The van der Waals surface area contributed by atoms with Crippen LogP contribution in [-0.2, 0) is 23.1 Å². The molecule has 0 heterocycles. The highest BCUT2D eigenvalue weighted by Crippen LogP contribution is 2.59. The van der Waals surface area contributed by atoms with E-state index in [1.54, 1.807) is 0 Å². The summed E-state index contributed by atoms with van der Waals surface area (Å²) in [6.45, 7) is 0. The smallest absolute Gasteiger partial charge is 0.438 e. The quantitative estimate of drug-likeness (QED) is 0.441. The van der Waals surface area contributed by atoms with Gasteiger partial charge >= 0.3 is 19.7 Å². The van der Waals surface area contributed by atoms with Crippen molar-refractivity contribution in [1.29, 1.82) is 0 Å². The third kappa shape index (κ3) is 4.75. The average Bonchev–Trinajstić information content (AvgIpc) is 2.21. The van der Waals surface area contributed by atoms with Gasteiger partial charge in [-0.15, -0.1) is 0 Å². The van der Waals surface area contributed by atoms with Gasteiger partial charge in [0.05, 0.1) is 0 Å². The number of ether oxygens (including phenoxy) is 1. The summed E-state index contributed by atoms with van der Waals surface area (Å²) < 4.78 is 57.7. The molecule has 0 aliphatic heterocycles. The number of carbonyl (C=O) groups excluding carboxylic acids is 1. The highest BCUT2D eigenvalue weighted by molar-refractivity contribution is 7.55. The maximum absolute atomic E-state index is 12.0. The first-order chi connectivity index (χ1) is 7.88. The van der Waals surface area contributed by atoms with Gasteiger partial charge in [0.15, 0.2) is 0 Å². The van der Waals surface area contributed by atoms with E-state index in [4.69, 9.17) is 34.8 Å². The average molecular weight is 353 g/mol. The van der Waals surface area contributed by atoms with Crippen LogP contribution in [0.5, 0.6) is 0 Å². The number of carbonyl (C=O) groups is 1. The number of hydrogen-bond donors (Lipinski definition) is 0. The molecule has 0 spiro atoms. The van der Waals surface area contributed by atoms with Crippen LogP contribution in [-0.4, -0.2) is 36.0 Å². The summed E-state index contributed by atoms with van der Waals surface area (Å²) in [7, 11) is -2.72. The summed E-state index contributed by atoms with van der Waals surface area (Å²) >= 11 is 15.9. The first-order valence-electron chi connectivity index (χ1n) is 3.94. The molecule has 108 valence electrons. The maximum Gasteiger partial charge on any atom is 0.490 e. The summed E-state index contributed by atoms with van der Waals surface area (Å²) in [5, 5.41) is 0. The zero-order valence-electron chi connectivity index (χ0n) is 8.83. The van der Waals surface area contributed by atoms with Crippen LogP contribution < -0.4 is 0 Å². The van der Waals surface area contributed by atoms with Crippen LogP contribution in [0.25, 0.3) is 0 Å². The number of rotatable bonds is 4. The lowest BCUT2D eigenvalue weighted by atomic mass is 10.6. The highest BCUT2D eigenvalue weighted by Gasteiger charge is 2.54. The minimum absolute atomic E-state index is 0.828. The monoisotopic (exact) mass is 352 g/mol. The molecule has 0 N–H and O–H groups in total. The molecule has 0 aromatic heterocycles. The topological polar surface area (TPSA) is 61.8 Å². The largest absolute Gasteiger partial charge is 0.490 e. The van der Waals surface area contributed by atoms with Crippen LogP contribution in [0.15, 0.2) is 0 Å². The Balaban J connectivity index is 5.30. The van der Waals surface area contributed by atoms with E-state index in [9.17, 15) is 22.5 Å². The molecular formula is C6H7Cl3F3O5P. The Labute approximate surface area is 115 Å². The van der Waals surface area contributed by atoms with Crippen molar-refractivity contribution in [2.75, 3.05) is 14.2 Å². The van der Waals surface area contributed by atoms with Gasteiger partial charge in [0.2, 0.25) is 9.64 Å². The predicted molar refractivity (Wildman–Crippen MR) is 57.8 cm³/mol. The summed E-state index contributed by atoms with van der Waals surface area (Å²) in [6, 6.07) is 0. The molecule has 0 amide bonds. The minimum Gasteiger partial charge on any atom is -0.438 e. The fourth-order valence-corrected chi connectivity index (χ4v) is 3.07. The molecule has 1 unspecified atom stereocenters. The van der Waals surface area contributed by atoms with Crippen LogP contribution >= 0.6 is 42.4 Å². The predicted octanol–water partition coefficient (Wildman–Crippen LogP) is 3.27. The van der Waals surface area contributed by atoms with Crippen molar-refractivity contribution in [3.05, 3.63) is 0 Å². The number of esters is 1. The minimum atomic E-state index is -5.35. The first kappa shape index (κ1) is 18.3. The Hall–Kier alpha value is 0.280. The lowest BCUT2D eigenvalue weighted by Gasteiger charge is -2.29. The van der Waals surface area contributed by atoms with Crippen LogP contribution in [0.3, 0.4) is 0 Å². The molecule has 0 aromatic rings. The van der Waals surface area contributed by atoms with E-state index in [1.165, 1.54) is 0 Å². The molecule has 5 nitrogen and oxygen atoms in total. The molecule has 12 heteroatoms. The van der Waals surface area contributed by atoms with Crippen molar-refractivity contribution >= 4 is 48.4 Å². The van der Waals surface area contributed by atoms with Crippen molar-refractivity contribution in [2.24, 2.45) is 0 Å². The molecule has 0 saturated heterocycles. The summed E-state index contributed by atoms with van der Waals surface area (Å²) in [5.41, 5.74) is 0. The zero-order valence-corrected chi connectivity index (χ0v) is 12.0. The summed E-state index contributed by atoms with van der Waals surface area (Å²) in [5.74, 6) is -5.05. The Morgan fingerprint density at radius 1 is 1.17 bits per heavy atom. The molecule has 0 fully saturated rings. The fraction of sp³-hybridized carbons (Fsp3) is 0.833. The second kappa shape index (κ2) is 6.15. The third-order valence-corrected chi connectivity index (χ3v) is 4.66. The van der Waals surface area contributed by atoms with Gasteiger partial charge in [0, 0.05) is 14.2 Å². The lowest BCUT2D eigenvalue weighted by molar-refractivity contribution is -0.202. The zero-order chi connectivity index (χ0) is 14.8. The molecule has 0 saturated carbocycles. The maximum atomic E-state index is 12.0. The summed E-state index contributed by atoms with van der Waals surface area (Å²) in [4.78, 5) is 10.6. The molecule has 0 radical (unpaired) electrons. The van der Waals surface area contributed by atoms with E-state index in [1.807, 2.05) is 0 Å². The van der Waals surface area contributed by atoms with E-state index in [0.717, 1.165) is 14.2 Å². The van der Waals surface area contributed by atoms with Crippen molar-refractivity contribution in [3.8, 4) is 0 Å². The summed E-state index contributed by atoms with van der Waals surface area (Å²) in [6.07, 6.45) is -5.35. The van der Waals surface area contributed by atoms with Gasteiger partial charge in [-0.05, 0) is 0 Å². The van der Waals surface area contributed by atoms with Gasteiger partial charge in [0.25, 0.3) is 0 Å². The molecular weight excluding hydrogens is 346 g/mol. The van der Waals surface area contributed by atoms with Crippen LogP contribution in [0.4, 0.5) is 13.2 Å². The standard InChI is InChI=1S/C6H7Cl3F3O5P/c1-15-18(14,16-2)4(5(7,8)9)17-3(13)6(10,11)12/h4H,1-2H3. The van der Waals surface area contributed by atoms with Crippen molar-refractivity contribution < 1.29 is 36.3 Å². The van der Waals surface area contributed by atoms with Crippen LogP contribution in [0, 0.1) is 0 Å². The van der Waals surface area contributed by atoms with Gasteiger partial charge in [-0.2, -0.15) is 13.2 Å².